The van der Waals surface area contributed by atoms with E-state index in [-0.39, 0.29) is 0 Å². The van der Waals surface area contributed by atoms with Gasteiger partial charge in [0.05, 0.1) is 0 Å². The summed E-state index contributed by atoms with van der Waals surface area (Å²) in [6, 6.07) is 72.3. The lowest BCUT2D eigenvalue weighted by Crippen LogP contribution is -2.10. The topological polar surface area (TPSA) is 16.4 Å². The van der Waals surface area contributed by atoms with E-state index in [1.807, 2.05) is 23.5 Å². The summed E-state index contributed by atoms with van der Waals surface area (Å²) < 4.78 is 8.86. The Balaban J connectivity index is 0.999. The summed E-state index contributed by atoms with van der Waals surface area (Å²) >= 11 is 1.85. The smallest absolute Gasteiger partial charge is 0.136 e. The Labute approximate surface area is 322 Å². The number of hydrogen-bond acceptors (Lipinski definition) is 3. The Morgan fingerprint density at radius 2 is 0.964 bits per heavy atom. The molecule has 2 aromatic heterocycles. The van der Waals surface area contributed by atoms with E-state index in [1.165, 1.54) is 53.2 Å². The highest BCUT2D eigenvalue weighted by molar-refractivity contribution is 7.25. The van der Waals surface area contributed by atoms with Crippen LogP contribution in [0, 0.1) is 0 Å². The summed E-state index contributed by atoms with van der Waals surface area (Å²) in [5.41, 5.74) is 12.2. The van der Waals surface area contributed by atoms with Crippen molar-refractivity contribution >= 4 is 81.3 Å². The second-order valence-electron chi connectivity index (χ2n) is 14.1. The molecule has 2 heterocycles. The fourth-order valence-corrected chi connectivity index (χ4v) is 9.29. The van der Waals surface area contributed by atoms with E-state index in [2.05, 4.69) is 193 Å². The van der Waals surface area contributed by atoms with Crippen molar-refractivity contribution < 1.29 is 4.42 Å². The van der Waals surface area contributed by atoms with Gasteiger partial charge in [-0.3, -0.25) is 0 Å². The zero-order valence-corrected chi connectivity index (χ0v) is 30.6. The molecule has 55 heavy (non-hydrogen) atoms. The maximum absolute atomic E-state index is 6.28. The molecule has 0 saturated carbocycles. The molecule has 11 aromatic rings. The van der Waals surface area contributed by atoms with E-state index in [0.29, 0.717) is 0 Å². The van der Waals surface area contributed by atoms with Gasteiger partial charge in [0.2, 0.25) is 0 Å². The second kappa shape index (κ2) is 12.9. The van der Waals surface area contributed by atoms with E-state index < -0.39 is 0 Å². The summed E-state index contributed by atoms with van der Waals surface area (Å²) in [5.74, 6) is 0. The molecule has 0 radical (unpaired) electrons. The van der Waals surface area contributed by atoms with Crippen molar-refractivity contribution in [3.8, 4) is 33.4 Å². The molecule has 9 aromatic carbocycles. The van der Waals surface area contributed by atoms with Crippen LogP contribution in [-0.2, 0) is 0 Å². The summed E-state index contributed by atoms with van der Waals surface area (Å²) in [6.45, 7) is 0. The number of para-hydroxylation sites is 1. The molecular formula is C52H33NOS. The van der Waals surface area contributed by atoms with Gasteiger partial charge >= 0.3 is 0 Å². The first-order chi connectivity index (χ1) is 27.2. The molecule has 0 fully saturated rings. The minimum atomic E-state index is 0.900. The van der Waals surface area contributed by atoms with Crippen molar-refractivity contribution in [1.82, 2.24) is 0 Å². The molecule has 0 aliphatic carbocycles. The average Bonchev–Trinajstić information content (AvgIpc) is 3.82. The molecule has 0 aliphatic rings. The monoisotopic (exact) mass is 719 g/mol. The Bertz CT molecular complexity index is 3210. The molecule has 0 N–H and O–H groups in total. The Morgan fingerprint density at radius 3 is 1.82 bits per heavy atom. The quantitative estimate of drug-likeness (QED) is 0.170. The van der Waals surface area contributed by atoms with Crippen LogP contribution < -0.4 is 4.90 Å². The molecule has 0 atom stereocenters. The van der Waals surface area contributed by atoms with Crippen molar-refractivity contribution in [3.05, 3.63) is 200 Å². The maximum atomic E-state index is 6.28. The van der Waals surface area contributed by atoms with E-state index in [4.69, 9.17) is 4.42 Å². The molecule has 2 nitrogen and oxygen atoms in total. The molecular weight excluding hydrogens is 687 g/mol. The van der Waals surface area contributed by atoms with Crippen LogP contribution >= 0.6 is 11.3 Å². The number of thiophene rings is 1. The summed E-state index contributed by atoms with van der Waals surface area (Å²) in [6.07, 6.45) is 0. The fraction of sp³-hybridized carbons (Fsp3) is 0. The highest BCUT2D eigenvalue weighted by atomic mass is 32.1. The Morgan fingerprint density at radius 1 is 0.345 bits per heavy atom. The third kappa shape index (κ3) is 5.48. The zero-order valence-electron chi connectivity index (χ0n) is 29.8. The summed E-state index contributed by atoms with van der Waals surface area (Å²) in [7, 11) is 0. The van der Waals surface area contributed by atoms with Crippen LogP contribution in [0.5, 0.6) is 0 Å². The van der Waals surface area contributed by atoms with Crippen LogP contribution in [0.2, 0.25) is 0 Å². The van der Waals surface area contributed by atoms with Crippen LogP contribution in [0.4, 0.5) is 17.1 Å². The van der Waals surface area contributed by atoms with Gasteiger partial charge in [-0.25, -0.2) is 0 Å². The maximum Gasteiger partial charge on any atom is 0.136 e. The first-order valence-electron chi connectivity index (χ1n) is 18.7. The normalized spacial score (nSPS) is 11.6. The predicted molar refractivity (Wildman–Crippen MR) is 235 cm³/mol. The van der Waals surface area contributed by atoms with Crippen molar-refractivity contribution in [1.29, 1.82) is 0 Å². The first-order valence-corrected chi connectivity index (χ1v) is 19.5. The largest absolute Gasteiger partial charge is 0.456 e. The van der Waals surface area contributed by atoms with E-state index in [0.717, 1.165) is 50.1 Å². The molecule has 0 spiro atoms. The number of anilines is 3. The van der Waals surface area contributed by atoms with Gasteiger partial charge < -0.3 is 9.32 Å². The lowest BCUT2D eigenvalue weighted by Gasteiger charge is -2.26. The molecule has 0 aliphatic heterocycles. The van der Waals surface area contributed by atoms with E-state index >= 15 is 0 Å². The number of hydrogen-bond donors (Lipinski definition) is 0. The summed E-state index contributed by atoms with van der Waals surface area (Å²) in [4.78, 5) is 2.38. The van der Waals surface area contributed by atoms with Gasteiger partial charge in [-0.15, -0.1) is 11.3 Å². The van der Waals surface area contributed by atoms with Crippen molar-refractivity contribution in [2.75, 3.05) is 4.90 Å². The van der Waals surface area contributed by atoms with Crippen molar-refractivity contribution in [2.24, 2.45) is 0 Å². The highest BCUT2D eigenvalue weighted by Gasteiger charge is 2.18. The standard InChI is InChI=1S/C52H33NOS/c1-2-10-38-31-39(24-23-34(38)9-1)37-21-19-35(20-22-37)36-25-27-41(28-26-36)53(43-29-30-46-45-13-4-6-18-50(45)55-51(46)33-43)42-12-7-11-40(32-42)44-15-8-17-49-52(44)47-14-3-5-16-48(47)54-49/h1-33H. The first kappa shape index (κ1) is 31.6. The Hall–Kier alpha value is -6.94. The number of benzene rings is 9. The van der Waals surface area contributed by atoms with Gasteiger partial charge in [0.25, 0.3) is 0 Å². The van der Waals surface area contributed by atoms with Gasteiger partial charge in [0, 0.05) is 48.0 Å². The summed E-state index contributed by atoms with van der Waals surface area (Å²) in [5, 5.41) is 7.39. The van der Waals surface area contributed by atoms with Gasteiger partial charge in [-0.05, 0) is 105 Å². The zero-order chi connectivity index (χ0) is 36.3. The molecule has 0 bridgehead atoms. The molecule has 3 heteroatoms. The minimum absolute atomic E-state index is 0.900. The molecule has 0 saturated heterocycles. The van der Waals surface area contributed by atoms with Crippen LogP contribution in [0.3, 0.4) is 0 Å². The SMILES string of the molecule is c1cc(-c2cccc3oc4ccccc4c23)cc(N(c2ccc(-c3ccc(-c4ccc5ccccc5c4)cc3)cc2)c2ccc3c(c2)sc2ccccc23)c1. The van der Waals surface area contributed by atoms with Crippen LogP contribution in [0.15, 0.2) is 205 Å². The van der Waals surface area contributed by atoms with Gasteiger partial charge in [-0.1, -0.05) is 140 Å². The Kier molecular flexibility index (Phi) is 7.39. The second-order valence-corrected chi connectivity index (χ2v) is 15.2. The average molecular weight is 720 g/mol. The lowest BCUT2D eigenvalue weighted by molar-refractivity contribution is 0.669. The number of fused-ring (bicyclic) bond motifs is 7. The van der Waals surface area contributed by atoms with Gasteiger partial charge in [0.15, 0.2) is 0 Å². The third-order valence-corrected chi connectivity index (χ3v) is 12.0. The minimum Gasteiger partial charge on any atom is -0.456 e. The van der Waals surface area contributed by atoms with Crippen LogP contribution in [0.25, 0.3) is 86.3 Å². The van der Waals surface area contributed by atoms with Gasteiger partial charge in [-0.2, -0.15) is 0 Å². The molecule has 258 valence electrons. The molecule has 0 amide bonds. The number of rotatable bonds is 6. The van der Waals surface area contributed by atoms with Crippen LogP contribution in [0.1, 0.15) is 0 Å². The predicted octanol–water partition coefficient (Wildman–Crippen LogP) is 15.6. The van der Waals surface area contributed by atoms with Crippen LogP contribution in [-0.4, -0.2) is 0 Å². The fourth-order valence-electron chi connectivity index (χ4n) is 8.16. The third-order valence-electron chi connectivity index (χ3n) is 10.9. The number of furan rings is 1. The lowest BCUT2D eigenvalue weighted by atomic mass is 9.98. The van der Waals surface area contributed by atoms with Crippen molar-refractivity contribution in [2.45, 2.75) is 0 Å². The van der Waals surface area contributed by atoms with E-state index in [9.17, 15) is 0 Å². The van der Waals surface area contributed by atoms with Crippen molar-refractivity contribution in [3.63, 3.8) is 0 Å². The molecule has 11 rings (SSSR count). The highest BCUT2D eigenvalue weighted by Crippen LogP contribution is 2.43. The van der Waals surface area contributed by atoms with E-state index in [1.54, 1.807) is 0 Å². The van der Waals surface area contributed by atoms with Gasteiger partial charge in [0.1, 0.15) is 11.2 Å². The molecule has 0 unspecified atom stereocenters. The number of nitrogens with zero attached hydrogens (tertiary/aromatic N) is 1.